The third-order valence-electron chi connectivity index (χ3n) is 6.30. The number of hydrogen-bond donors (Lipinski definition) is 1. The van der Waals surface area contributed by atoms with E-state index in [9.17, 15) is 26.4 Å². The predicted molar refractivity (Wildman–Crippen MR) is 140 cm³/mol. The van der Waals surface area contributed by atoms with E-state index < -0.39 is 38.8 Å². The number of hydrogen-bond acceptors (Lipinski definition) is 5. The topological polar surface area (TPSA) is 88.7 Å². The molecule has 0 bridgehead atoms. The van der Waals surface area contributed by atoms with Crippen LogP contribution >= 0.6 is 11.6 Å². The van der Waals surface area contributed by atoms with Crippen molar-refractivity contribution in [1.29, 1.82) is 0 Å². The molecule has 39 heavy (non-hydrogen) atoms. The van der Waals surface area contributed by atoms with Gasteiger partial charge in [-0.15, -0.1) is 0 Å². The van der Waals surface area contributed by atoms with Crippen molar-refractivity contribution in [2.24, 2.45) is 0 Å². The Bertz CT molecular complexity index is 1690. The zero-order chi connectivity index (χ0) is 27.8. The average Bonchev–Trinajstić information content (AvgIpc) is 2.90. The zero-order valence-electron chi connectivity index (χ0n) is 20.3. The summed E-state index contributed by atoms with van der Waals surface area (Å²) < 4.78 is 79.9. The molecule has 0 amide bonds. The Labute approximate surface area is 226 Å². The van der Waals surface area contributed by atoms with Crippen LogP contribution in [0.4, 0.5) is 13.2 Å². The molecule has 3 aromatic carbocycles. The maximum Gasteiger partial charge on any atom is 0.416 e. The molecule has 0 saturated carbocycles. The number of halogens is 4. The van der Waals surface area contributed by atoms with Crippen molar-refractivity contribution in [2.75, 3.05) is 19.8 Å². The summed E-state index contributed by atoms with van der Waals surface area (Å²) in [5.41, 5.74) is -0.325. The van der Waals surface area contributed by atoms with Crippen molar-refractivity contribution >= 4 is 32.5 Å². The lowest BCUT2D eigenvalue weighted by Gasteiger charge is -2.24. The molecule has 1 aliphatic rings. The number of pyridine rings is 1. The number of H-pyrrole nitrogens is 1. The molecule has 0 spiro atoms. The van der Waals surface area contributed by atoms with E-state index in [1.807, 2.05) is 6.07 Å². The number of nitrogens with one attached hydrogen (secondary N) is 1. The molecule has 204 valence electrons. The quantitative estimate of drug-likeness (QED) is 0.317. The summed E-state index contributed by atoms with van der Waals surface area (Å²) in [5.74, 6) is 0.958. The number of aromatic amines is 1. The maximum atomic E-state index is 13.7. The highest BCUT2D eigenvalue weighted by atomic mass is 35.5. The van der Waals surface area contributed by atoms with Crippen LogP contribution in [0.5, 0.6) is 11.5 Å². The summed E-state index contributed by atoms with van der Waals surface area (Å²) in [4.78, 5) is 15.0. The van der Waals surface area contributed by atoms with Gasteiger partial charge in [0.2, 0.25) is 10.0 Å². The second kappa shape index (κ2) is 10.6. The molecule has 0 saturated heterocycles. The Morgan fingerprint density at radius 3 is 2.33 bits per heavy atom. The molecule has 0 atom stereocenters. The molecular weight excluding hydrogens is 557 g/mol. The van der Waals surface area contributed by atoms with Gasteiger partial charge in [0.1, 0.15) is 18.1 Å². The number of fused-ring (bicyclic) bond motifs is 2. The zero-order valence-corrected chi connectivity index (χ0v) is 21.9. The van der Waals surface area contributed by atoms with Crippen molar-refractivity contribution in [2.45, 2.75) is 24.0 Å². The Hall–Kier alpha value is -3.54. The highest BCUT2D eigenvalue weighted by molar-refractivity contribution is 7.89. The van der Waals surface area contributed by atoms with Gasteiger partial charge in [0.25, 0.3) is 5.56 Å². The van der Waals surface area contributed by atoms with Crippen LogP contribution in [0.2, 0.25) is 5.02 Å². The molecular formula is C27H22ClF3N2O5S. The number of alkyl halides is 3. The molecule has 0 unspecified atom stereocenters. The standard InChI is InChI=1S/C27H22ClF3N2O5S/c28-21-7-6-20(27(29,30)31)14-25(21)39(35,36)33(9-8-17-4-2-1-3-5-17)16-19-12-18-13-23-24(38-11-10-37-23)15-22(18)32-26(19)34/h1-7,12-15H,8-11,16H2,(H,32,34). The molecule has 12 heteroatoms. The fraction of sp³-hybridized carbons (Fsp3) is 0.222. The summed E-state index contributed by atoms with van der Waals surface area (Å²) in [7, 11) is -4.56. The lowest BCUT2D eigenvalue weighted by atomic mass is 10.1. The minimum Gasteiger partial charge on any atom is -0.486 e. The molecule has 0 radical (unpaired) electrons. The van der Waals surface area contributed by atoms with Crippen molar-refractivity contribution in [1.82, 2.24) is 9.29 Å². The second-order valence-corrected chi connectivity index (χ2v) is 11.2. The van der Waals surface area contributed by atoms with Gasteiger partial charge in [0.05, 0.1) is 16.1 Å². The van der Waals surface area contributed by atoms with Crippen LogP contribution in [0.15, 0.2) is 76.4 Å². The van der Waals surface area contributed by atoms with Crippen LogP contribution in [-0.4, -0.2) is 37.5 Å². The van der Waals surface area contributed by atoms with E-state index >= 15 is 0 Å². The first-order valence-electron chi connectivity index (χ1n) is 11.9. The van der Waals surface area contributed by atoms with E-state index in [1.165, 1.54) is 6.07 Å². The van der Waals surface area contributed by atoms with Crippen LogP contribution in [-0.2, 0) is 29.2 Å². The van der Waals surface area contributed by atoms with E-state index in [2.05, 4.69) is 4.98 Å². The van der Waals surface area contributed by atoms with Gasteiger partial charge in [0.15, 0.2) is 11.5 Å². The Morgan fingerprint density at radius 1 is 0.949 bits per heavy atom. The average molecular weight is 579 g/mol. The minimum atomic E-state index is -4.77. The van der Waals surface area contributed by atoms with E-state index in [0.717, 1.165) is 22.0 Å². The monoisotopic (exact) mass is 578 g/mol. The lowest BCUT2D eigenvalue weighted by Crippen LogP contribution is -2.35. The Kier molecular flexibility index (Phi) is 7.32. The van der Waals surface area contributed by atoms with Gasteiger partial charge < -0.3 is 14.5 Å². The maximum absolute atomic E-state index is 13.7. The highest BCUT2D eigenvalue weighted by Gasteiger charge is 2.34. The third kappa shape index (κ3) is 5.75. The Balaban J connectivity index is 1.56. The second-order valence-electron chi connectivity index (χ2n) is 8.92. The van der Waals surface area contributed by atoms with E-state index in [1.54, 1.807) is 36.4 Å². The van der Waals surface area contributed by atoms with Crippen LogP contribution < -0.4 is 15.0 Å². The summed E-state index contributed by atoms with van der Waals surface area (Å²) in [6.45, 7) is 0.212. The molecule has 1 aromatic heterocycles. The first-order chi connectivity index (χ1) is 18.5. The summed E-state index contributed by atoms with van der Waals surface area (Å²) >= 11 is 6.11. The van der Waals surface area contributed by atoms with Crippen molar-refractivity contribution in [3.63, 3.8) is 0 Å². The van der Waals surface area contributed by atoms with Crippen molar-refractivity contribution in [3.8, 4) is 11.5 Å². The number of ether oxygens (including phenoxy) is 2. The van der Waals surface area contributed by atoms with Gasteiger partial charge in [0, 0.05) is 30.1 Å². The molecule has 5 rings (SSSR count). The molecule has 2 heterocycles. The van der Waals surface area contributed by atoms with Gasteiger partial charge in [-0.2, -0.15) is 17.5 Å². The Morgan fingerprint density at radius 2 is 1.64 bits per heavy atom. The molecule has 0 fully saturated rings. The van der Waals surface area contributed by atoms with E-state index in [-0.39, 0.29) is 23.6 Å². The SMILES string of the molecule is O=c1[nH]c2cc3c(cc2cc1CN(CCc1ccccc1)S(=O)(=O)c1cc(C(F)(F)F)ccc1Cl)OCCO3. The molecule has 0 aliphatic carbocycles. The number of sulfonamides is 1. The van der Waals surface area contributed by atoms with Crippen molar-refractivity contribution < 1.29 is 31.1 Å². The minimum absolute atomic E-state index is 0.0962. The smallest absolute Gasteiger partial charge is 0.416 e. The number of benzene rings is 3. The van der Waals surface area contributed by atoms with Gasteiger partial charge in [-0.25, -0.2) is 8.42 Å². The first kappa shape index (κ1) is 27.0. The number of nitrogens with zero attached hydrogens (tertiary/aromatic N) is 1. The third-order valence-corrected chi connectivity index (χ3v) is 8.63. The fourth-order valence-electron chi connectivity index (χ4n) is 4.29. The largest absolute Gasteiger partial charge is 0.486 e. The summed E-state index contributed by atoms with van der Waals surface area (Å²) in [6.07, 6.45) is -4.52. The number of aromatic nitrogens is 1. The van der Waals surface area contributed by atoms with E-state index in [0.29, 0.717) is 41.7 Å². The first-order valence-corrected chi connectivity index (χ1v) is 13.7. The highest BCUT2D eigenvalue weighted by Crippen LogP contribution is 2.36. The van der Waals surface area contributed by atoms with Crippen molar-refractivity contribution in [3.05, 3.63) is 98.8 Å². The van der Waals surface area contributed by atoms with Gasteiger partial charge in [-0.3, -0.25) is 4.79 Å². The van der Waals surface area contributed by atoms with Gasteiger partial charge in [-0.05, 0) is 42.3 Å². The predicted octanol–water partition coefficient (Wildman–Crippen LogP) is 5.41. The van der Waals surface area contributed by atoms with Crippen LogP contribution in [0.25, 0.3) is 10.9 Å². The van der Waals surface area contributed by atoms with Crippen LogP contribution in [0, 0.1) is 0 Å². The van der Waals surface area contributed by atoms with Crippen LogP contribution in [0.3, 0.4) is 0 Å². The normalized spacial score (nSPS) is 13.7. The molecule has 1 N–H and O–H groups in total. The summed E-state index contributed by atoms with van der Waals surface area (Å²) in [5, 5.41) is 0.218. The molecule has 1 aliphatic heterocycles. The fourth-order valence-corrected chi connectivity index (χ4v) is 6.21. The lowest BCUT2D eigenvalue weighted by molar-refractivity contribution is -0.137. The van der Waals surface area contributed by atoms with Gasteiger partial charge in [-0.1, -0.05) is 41.9 Å². The molecule has 7 nitrogen and oxygen atoms in total. The van der Waals surface area contributed by atoms with Crippen LogP contribution in [0.1, 0.15) is 16.7 Å². The summed E-state index contributed by atoms with van der Waals surface area (Å²) in [6, 6.07) is 16.0. The van der Waals surface area contributed by atoms with E-state index in [4.69, 9.17) is 21.1 Å². The number of rotatable bonds is 7. The molecule has 4 aromatic rings. The van der Waals surface area contributed by atoms with Gasteiger partial charge >= 0.3 is 6.18 Å².